The van der Waals surface area contributed by atoms with E-state index >= 15 is 0 Å². The quantitative estimate of drug-likeness (QED) is 0.199. The first-order valence-electron chi connectivity index (χ1n) is 21.4. The predicted molar refractivity (Wildman–Crippen MR) is 210 cm³/mol. The van der Waals surface area contributed by atoms with Crippen molar-refractivity contribution in [1.29, 1.82) is 0 Å². The van der Waals surface area contributed by atoms with Crippen molar-refractivity contribution in [3.63, 3.8) is 0 Å². The number of hydrogen-bond acceptors (Lipinski definition) is 6. The molecular formula is C45H70N2O4S. The number of hydrogen-bond donors (Lipinski definition) is 1. The highest BCUT2D eigenvalue weighted by atomic mass is 32.2. The fourth-order valence-corrected chi connectivity index (χ4v) is 17.7. The van der Waals surface area contributed by atoms with Crippen LogP contribution < -0.4 is 5.32 Å². The average molecular weight is 735 g/mol. The van der Waals surface area contributed by atoms with E-state index in [0.717, 1.165) is 51.2 Å². The summed E-state index contributed by atoms with van der Waals surface area (Å²) in [4.78, 5) is 15.0. The lowest BCUT2D eigenvalue weighted by Crippen LogP contribution is -2.68. The number of allylic oxidation sites excluding steroid dienone is 5. The molecule has 0 aromatic heterocycles. The number of nitrogens with one attached hydrogen (secondary N) is 1. The molecule has 0 aromatic carbocycles. The predicted octanol–water partition coefficient (Wildman–Crippen LogP) is 8.68. The molecular weight excluding hydrogens is 665 g/mol. The molecule has 12 atom stereocenters. The Morgan fingerprint density at radius 2 is 1.77 bits per heavy atom. The number of fused-ring (bicyclic) bond motifs is 9. The summed E-state index contributed by atoms with van der Waals surface area (Å²) in [5.41, 5.74) is 5.67. The highest BCUT2D eigenvalue weighted by molar-refractivity contribution is 7.92. The monoisotopic (exact) mass is 735 g/mol. The first kappa shape index (κ1) is 37.5. The lowest BCUT2D eigenvalue weighted by Gasteiger charge is -2.72. The second-order valence-corrected chi connectivity index (χ2v) is 22.9. The Morgan fingerprint density at radius 3 is 2.42 bits per heavy atom. The third-order valence-corrected chi connectivity index (χ3v) is 20.5. The van der Waals surface area contributed by atoms with Gasteiger partial charge in [-0.25, -0.2) is 8.42 Å². The molecule has 0 radical (unpaired) electrons. The Hall–Kier alpha value is -1.44. The van der Waals surface area contributed by atoms with Crippen molar-refractivity contribution < 1.29 is 17.9 Å². The van der Waals surface area contributed by atoms with E-state index in [4.69, 9.17) is 4.74 Å². The van der Waals surface area contributed by atoms with Crippen LogP contribution in [-0.2, 0) is 19.4 Å². The molecule has 0 amide bonds. The van der Waals surface area contributed by atoms with Gasteiger partial charge in [0.05, 0.1) is 23.5 Å². The van der Waals surface area contributed by atoms with E-state index in [-0.39, 0.29) is 39.5 Å². The van der Waals surface area contributed by atoms with E-state index in [1.165, 1.54) is 68.9 Å². The minimum atomic E-state index is -2.86. The van der Waals surface area contributed by atoms with Gasteiger partial charge >= 0.3 is 5.97 Å². The van der Waals surface area contributed by atoms with Crippen molar-refractivity contribution in [2.45, 2.75) is 149 Å². The molecule has 4 saturated carbocycles. The van der Waals surface area contributed by atoms with Crippen LogP contribution in [0.3, 0.4) is 0 Å². The van der Waals surface area contributed by atoms with Crippen LogP contribution in [-0.4, -0.2) is 68.1 Å². The standard InChI is InChI=1S/C45H70N2O4S/c1-9-51-40(48)31-12-10-30(11-13-31)35-17-19-42(6)37(41(35,4)5)18-20-44(8)38(42)15-14-36-39-34(29(2)3)16-21-45(39,23-22-43(36,44)7)46-24-25-47-27-33-26-32(47)28-52(33,49)50/h10,17,31-34,36-39,46H,2,9,11-16,18-28H2,1,3-8H3/t31?,32-,33-,34-,36+,37-,38+,39+,42-,43+,44+,45-/m0/s1. The summed E-state index contributed by atoms with van der Waals surface area (Å²) in [6.45, 7) is 25.3. The second-order valence-electron chi connectivity index (χ2n) is 20.6. The molecule has 290 valence electrons. The zero-order valence-electron chi connectivity index (χ0n) is 33.7. The van der Waals surface area contributed by atoms with Gasteiger partial charge in [0.15, 0.2) is 9.84 Å². The van der Waals surface area contributed by atoms with Gasteiger partial charge in [0.2, 0.25) is 0 Å². The molecule has 52 heavy (non-hydrogen) atoms. The minimum absolute atomic E-state index is 0.0164. The van der Waals surface area contributed by atoms with Crippen LogP contribution in [0.4, 0.5) is 0 Å². The summed E-state index contributed by atoms with van der Waals surface area (Å²) >= 11 is 0. The molecule has 0 spiro atoms. The maximum absolute atomic E-state index is 12.5. The third-order valence-electron chi connectivity index (χ3n) is 18.3. The first-order chi connectivity index (χ1) is 24.5. The Balaban J connectivity index is 1.02. The van der Waals surface area contributed by atoms with Gasteiger partial charge in [-0.05, 0) is 160 Å². The Morgan fingerprint density at radius 1 is 0.981 bits per heavy atom. The SMILES string of the molecule is C=C(C)[C@@H]1CC[C@]2(NCCN3C[C@@H]4C[C@H]3CS4(=O)=O)CC[C@]3(C)[C@H](CC[C@@H]4[C@@]5(C)CC=C(C6=CCC(C(=O)OCC)CC6)C(C)(C)[C@@H]5CC[C@]43C)[C@@H]12. The van der Waals surface area contributed by atoms with Crippen LogP contribution in [0.1, 0.15) is 132 Å². The topological polar surface area (TPSA) is 75.7 Å². The summed E-state index contributed by atoms with van der Waals surface area (Å²) in [7, 11) is -2.86. The van der Waals surface area contributed by atoms with Crippen molar-refractivity contribution in [3.8, 4) is 0 Å². The van der Waals surface area contributed by atoms with E-state index in [2.05, 4.69) is 70.5 Å². The Kier molecular flexibility index (Phi) is 9.22. The number of carbonyl (C=O) groups is 1. The molecule has 1 unspecified atom stereocenters. The maximum Gasteiger partial charge on any atom is 0.309 e. The summed E-state index contributed by atoms with van der Waals surface area (Å²) < 4.78 is 30.2. The van der Waals surface area contributed by atoms with Crippen LogP contribution in [0.15, 0.2) is 35.5 Å². The smallest absolute Gasteiger partial charge is 0.309 e. The average Bonchev–Trinajstić information content (AvgIpc) is 3.76. The highest BCUT2D eigenvalue weighted by Crippen LogP contribution is 2.76. The van der Waals surface area contributed by atoms with E-state index in [1.54, 1.807) is 5.57 Å². The fourth-order valence-electron chi connectivity index (χ4n) is 15.7. The summed E-state index contributed by atoms with van der Waals surface area (Å²) in [6, 6.07) is 0.233. The third kappa shape index (κ3) is 5.40. The van der Waals surface area contributed by atoms with Crippen molar-refractivity contribution in [3.05, 3.63) is 35.5 Å². The second kappa shape index (κ2) is 12.8. The van der Waals surface area contributed by atoms with Gasteiger partial charge in [0.25, 0.3) is 0 Å². The van der Waals surface area contributed by atoms with E-state index in [1.807, 2.05) is 6.92 Å². The highest BCUT2D eigenvalue weighted by Gasteiger charge is 2.70. The molecule has 6 aliphatic carbocycles. The van der Waals surface area contributed by atoms with Gasteiger partial charge in [-0.2, -0.15) is 0 Å². The molecule has 6 nitrogen and oxygen atoms in total. The Bertz CT molecular complexity index is 1650. The van der Waals surface area contributed by atoms with Gasteiger partial charge in [-0.1, -0.05) is 58.9 Å². The lowest BCUT2D eigenvalue weighted by molar-refractivity contribution is -0.221. The number of ether oxygens (including phenoxy) is 1. The molecule has 6 fully saturated rings. The maximum atomic E-state index is 12.5. The number of likely N-dealkylation sites (tertiary alicyclic amines) is 1. The number of nitrogens with zero attached hydrogens (tertiary/aromatic N) is 1. The fraction of sp³-hybridized carbons (Fsp3) is 0.844. The molecule has 7 heteroatoms. The van der Waals surface area contributed by atoms with Crippen molar-refractivity contribution >= 4 is 15.8 Å². The molecule has 8 rings (SSSR count). The van der Waals surface area contributed by atoms with Gasteiger partial charge in [0.1, 0.15) is 0 Å². The van der Waals surface area contributed by atoms with Crippen molar-refractivity contribution in [2.24, 2.45) is 57.2 Å². The van der Waals surface area contributed by atoms with Crippen molar-refractivity contribution in [1.82, 2.24) is 10.2 Å². The lowest BCUT2D eigenvalue weighted by atomic mass is 9.33. The van der Waals surface area contributed by atoms with E-state index < -0.39 is 9.84 Å². The van der Waals surface area contributed by atoms with Crippen LogP contribution in [0.2, 0.25) is 0 Å². The van der Waals surface area contributed by atoms with Crippen LogP contribution in [0.5, 0.6) is 0 Å². The number of sulfone groups is 1. The molecule has 2 aliphatic heterocycles. The van der Waals surface area contributed by atoms with E-state index in [0.29, 0.717) is 46.9 Å². The Labute approximate surface area is 316 Å². The zero-order chi connectivity index (χ0) is 37.1. The minimum Gasteiger partial charge on any atom is -0.466 e. The summed E-state index contributed by atoms with van der Waals surface area (Å²) in [5, 5.41) is 4.14. The number of esters is 1. The molecule has 2 saturated heterocycles. The molecule has 2 bridgehead atoms. The molecule has 1 N–H and O–H groups in total. The van der Waals surface area contributed by atoms with Gasteiger partial charge < -0.3 is 10.1 Å². The number of carbonyl (C=O) groups excluding carboxylic acids is 1. The largest absolute Gasteiger partial charge is 0.466 e. The van der Waals surface area contributed by atoms with Gasteiger partial charge in [-0.15, -0.1) is 0 Å². The summed E-state index contributed by atoms with van der Waals surface area (Å²) in [5.74, 6) is 3.67. The molecule has 0 aromatic rings. The zero-order valence-corrected chi connectivity index (χ0v) is 34.5. The first-order valence-corrected chi connectivity index (χ1v) is 23.1. The molecule has 8 aliphatic rings. The van der Waals surface area contributed by atoms with E-state index in [9.17, 15) is 13.2 Å². The number of rotatable bonds is 8. The van der Waals surface area contributed by atoms with Crippen LogP contribution >= 0.6 is 0 Å². The summed E-state index contributed by atoms with van der Waals surface area (Å²) in [6.07, 6.45) is 20.2. The van der Waals surface area contributed by atoms with Gasteiger partial charge in [-0.3, -0.25) is 9.69 Å². The molecule has 2 heterocycles. The van der Waals surface area contributed by atoms with Crippen LogP contribution in [0, 0.1) is 57.2 Å². The van der Waals surface area contributed by atoms with Gasteiger partial charge in [0, 0.05) is 31.2 Å². The normalized spacial score (nSPS) is 47.4. The van der Waals surface area contributed by atoms with Crippen LogP contribution in [0.25, 0.3) is 0 Å². The van der Waals surface area contributed by atoms with Crippen molar-refractivity contribution in [2.75, 3.05) is 32.0 Å².